The molecule has 0 radical (unpaired) electrons. The average Bonchev–Trinajstić information content (AvgIpc) is 3.02. The molecule has 1 heterocycles. The molecule has 0 bridgehead atoms. The SMILES string of the molecule is N#CC1CN(C(C(=O)O)C2CC2)CCO1. The summed E-state index contributed by atoms with van der Waals surface area (Å²) >= 11 is 0. The Morgan fingerprint density at radius 2 is 2.33 bits per heavy atom. The third-order valence-electron chi connectivity index (χ3n) is 2.96. The zero-order chi connectivity index (χ0) is 10.8. The van der Waals surface area contributed by atoms with Crippen LogP contribution < -0.4 is 0 Å². The first-order valence-corrected chi connectivity index (χ1v) is 5.20. The number of carbonyl (C=O) groups is 1. The largest absolute Gasteiger partial charge is 0.480 e. The number of rotatable bonds is 3. The smallest absolute Gasteiger partial charge is 0.321 e. The lowest BCUT2D eigenvalue weighted by atomic mass is 10.1. The van der Waals surface area contributed by atoms with Gasteiger partial charge in [-0.1, -0.05) is 0 Å². The van der Waals surface area contributed by atoms with Crippen LogP contribution in [-0.2, 0) is 9.53 Å². The molecule has 1 saturated carbocycles. The predicted octanol–water partition coefficient (Wildman–Crippen LogP) is 0.0740. The highest BCUT2D eigenvalue weighted by Gasteiger charge is 2.41. The van der Waals surface area contributed by atoms with Crippen LogP contribution in [0.15, 0.2) is 0 Å². The second-order valence-corrected chi connectivity index (χ2v) is 4.10. The average molecular weight is 210 g/mol. The molecule has 1 N–H and O–H groups in total. The molecule has 2 aliphatic rings. The Morgan fingerprint density at radius 1 is 1.60 bits per heavy atom. The van der Waals surface area contributed by atoms with Crippen molar-refractivity contribution < 1.29 is 14.6 Å². The summed E-state index contributed by atoms with van der Waals surface area (Å²) in [6.07, 6.45) is 1.51. The Morgan fingerprint density at radius 3 is 2.87 bits per heavy atom. The van der Waals surface area contributed by atoms with Crippen LogP contribution >= 0.6 is 0 Å². The molecule has 0 aromatic rings. The minimum atomic E-state index is -0.768. The van der Waals surface area contributed by atoms with Gasteiger partial charge in [0.25, 0.3) is 0 Å². The number of nitriles is 1. The molecule has 1 aliphatic heterocycles. The summed E-state index contributed by atoms with van der Waals surface area (Å²) in [5.41, 5.74) is 0. The van der Waals surface area contributed by atoms with Crippen molar-refractivity contribution in [3.8, 4) is 6.07 Å². The summed E-state index contributed by atoms with van der Waals surface area (Å²) in [6.45, 7) is 1.49. The Labute approximate surface area is 88.2 Å². The maximum absolute atomic E-state index is 11.1. The number of morpholine rings is 1. The van der Waals surface area contributed by atoms with Gasteiger partial charge in [0.1, 0.15) is 6.04 Å². The number of ether oxygens (including phenoxy) is 1. The molecule has 2 fully saturated rings. The summed E-state index contributed by atoms with van der Waals surface area (Å²) in [6, 6.07) is 1.62. The van der Waals surface area contributed by atoms with Gasteiger partial charge in [0.2, 0.25) is 0 Å². The number of nitrogens with zero attached hydrogens (tertiary/aromatic N) is 2. The van der Waals surface area contributed by atoms with Gasteiger partial charge in [0.15, 0.2) is 6.10 Å². The van der Waals surface area contributed by atoms with Crippen LogP contribution in [0.3, 0.4) is 0 Å². The first-order valence-electron chi connectivity index (χ1n) is 5.20. The maximum atomic E-state index is 11.1. The molecule has 0 aromatic carbocycles. The van der Waals surface area contributed by atoms with Crippen molar-refractivity contribution in [3.05, 3.63) is 0 Å². The van der Waals surface area contributed by atoms with Crippen LogP contribution in [0, 0.1) is 17.2 Å². The Hall–Kier alpha value is -1.12. The van der Waals surface area contributed by atoms with Crippen molar-refractivity contribution in [1.82, 2.24) is 4.90 Å². The normalized spacial score (nSPS) is 29.4. The zero-order valence-corrected chi connectivity index (χ0v) is 8.43. The molecule has 0 amide bonds. The standard InChI is InChI=1S/C10H14N2O3/c11-5-8-6-12(3-4-15-8)9(10(13)14)7-1-2-7/h7-9H,1-4,6H2,(H,13,14). The lowest BCUT2D eigenvalue weighted by Gasteiger charge is -2.34. The quantitative estimate of drug-likeness (QED) is 0.713. The Kier molecular flexibility index (Phi) is 2.89. The van der Waals surface area contributed by atoms with E-state index in [0.29, 0.717) is 19.7 Å². The van der Waals surface area contributed by atoms with Crippen LogP contribution in [0.25, 0.3) is 0 Å². The van der Waals surface area contributed by atoms with E-state index in [0.717, 1.165) is 12.8 Å². The summed E-state index contributed by atoms with van der Waals surface area (Å²) in [7, 11) is 0. The minimum absolute atomic E-state index is 0.278. The monoisotopic (exact) mass is 210 g/mol. The van der Waals surface area contributed by atoms with E-state index in [9.17, 15) is 4.79 Å². The van der Waals surface area contributed by atoms with Gasteiger partial charge >= 0.3 is 5.97 Å². The summed E-state index contributed by atoms with van der Waals surface area (Å²) in [5.74, 6) is -0.490. The first kappa shape index (κ1) is 10.4. The van der Waals surface area contributed by atoms with Gasteiger partial charge in [-0.15, -0.1) is 0 Å². The van der Waals surface area contributed by atoms with Gasteiger partial charge in [-0.2, -0.15) is 5.26 Å². The number of hydrogen-bond donors (Lipinski definition) is 1. The van der Waals surface area contributed by atoms with E-state index in [2.05, 4.69) is 0 Å². The van der Waals surface area contributed by atoms with Crippen molar-refractivity contribution in [3.63, 3.8) is 0 Å². The van der Waals surface area contributed by atoms with Gasteiger partial charge in [0.05, 0.1) is 12.7 Å². The third-order valence-corrected chi connectivity index (χ3v) is 2.96. The van der Waals surface area contributed by atoms with Crippen LogP contribution in [0.4, 0.5) is 0 Å². The zero-order valence-electron chi connectivity index (χ0n) is 8.43. The van der Waals surface area contributed by atoms with E-state index in [1.54, 1.807) is 0 Å². The highest BCUT2D eigenvalue weighted by molar-refractivity contribution is 5.74. The number of carboxylic acids is 1. The Balaban J connectivity index is 2.01. The van der Waals surface area contributed by atoms with E-state index in [1.807, 2.05) is 11.0 Å². The molecule has 2 atom stereocenters. The number of carboxylic acid groups (broad SMARTS) is 1. The van der Waals surface area contributed by atoms with Crippen LogP contribution in [0.5, 0.6) is 0 Å². The molecule has 1 aliphatic carbocycles. The van der Waals surface area contributed by atoms with E-state index >= 15 is 0 Å². The molecule has 5 heteroatoms. The van der Waals surface area contributed by atoms with Crippen molar-refractivity contribution in [2.45, 2.75) is 25.0 Å². The summed E-state index contributed by atoms with van der Waals surface area (Å²) in [4.78, 5) is 13.0. The molecule has 0 aromatic heterocycles. The lowest BCUT2D eigenvalue weighted by Crippen LogP contribution is -2.51. The predicted molar refractivity (Wildman–Crippen MR) is 51.1 cm³/mol. The highest BCUT2D eigenvalue weighted by atomic mass is 16.5. The highest BCUT2D eigenvalue weighted by Crippen LogP contribution is 2.36. The van der Waals surface area contributed by atoms with Gasteiger partial charge in [-0.25, -0.2) is 0 Å². The fourth-order valence-electron chi connectivity index (χ4n) is 2.07. The maximum Gasteiger partial charge on any atom is 0.321 e. The summed E-state index contributed by atoms with van der Waals surface area (Å²) in [5, 5.41) is 17.9. The topological polar surface area (TPSA) is 73.6 Å². The molecule has 1 saturated heterocycles. The minimum Gasteiger partial charge on any atom is -0.480 e. The van der Waals surface area contributed by atoms with Gasteiger partial charge in [-0.3, -0.25) is 9.69 Å². The van der Waals surface area contributed by atoms with Crippen LogP contribution in [0.1, 0.15) is 12.8 Å². The number of hydrogen-bond acceptors (Lipinski definition) is 4. The fourth-order valence-corrected chi connectivity index (χ4v) is 2.07. The van der Waals surface area contributed by atoms with Gasteiger partial charge in [0, 0.05) is 13.1 Å². The molecule has 2 rings (SSSR count). The molecule has 82 valence electrons. The summed E-state index contributed by atoms with van der Waals surface area (Å²) < 4.78 is 5.19. The van der Waals surface area contributed by atoms with E-state index in [4.69, 9.17) is 15.1 Å². The molecule has 0 spiro atoms. The molecule has 5 nitrogen and oxygen atoms in total. The fraction of sp³-hybridized carbons (Fsp3) is 0.800. The molecule has 2 unspecified atom stereocenters. The Bertz CT molecular complexity index is 296. The molecular weight excluding hydrogens is 196 g/mol. The van der Waals surface area contributed by atoms with E-state index in [1.165, 1.54) is 0 Å². The van der Waals surface area contributed by atoms with Gasteiger partial charge in [-0.05, 0) is 18.8 Å². The second-order valence-electron chi connectivity index (χ2n) is 4.10. The van der Waals surface area contributed by atoms with Gasteiger partial charge < -0.3 is 9.84 Å². The third kappa shape index (κ3) is 2.28. The van der Waals surface area contributed by atoms with Crippen LogP contribution in [-0.4, -0.2) is 47.8 Å². The van der Waals surface area contributed by atoms with E-state index in [-0.39, 0.29) is 5.92 Å². The number of aliphatic carboxylic acids is 1. The lowest BCUT2D eigenvalue weighted by molar-refractivity contribution is -0.146. The van der Waals surface area contributed by atoms with Crippen molar-refractivity contribution in [2.75, 3.05) is 19.7 Å². The van der Waals surface area contributed by atoms with Crippen LogP contribution in [0.2, 0.25) is 0 Å². The van der Waals surface area contributed by atoms with E-state index < -0.39 is 18.1 Å². The molecule has 15 heavy (non-hydrogen) atoms. The second kappa shape index (κ2) is 4.17. The van der Waals surface area contributed by atoms with Crippen molar-refractivity contribution in [2.24, 2.45) is 5.92 Å². The van der Waals surface area contributed by atoms with Crippen molar-refractivity contribution >= 4 is 5.97 Å². The first-order chi connectivity index (χ1) is 7.22. The van der Waals surface area contributed by atoms with Crippen molar-refractivity contribution in [1.29, 1.82) is 5.26 Å². The molecular formula is C10H14N2O3.